The third kappa shape index (κ3) is 8.26. The summed E-state index contributed by atoms with van der Waals surface area (Å²) in [6, 6.07) is 10.4. The number of non-ortho nitro benzene ring substituents is 1. The Kier molecular flexibility index (Phi) is 11.0. The number of hydrogen-bond acceptors (Lipinski definition) is 5. The number of rotatable bonds is 11. The van der Waals surface area contributed by atoms with Gasteiger partial charge in [0.25, 0.3) is 5.69 Å². The van der Waals surface area contributed by atoms with Gasteiger partial charge in [-0.3, -0.25) is 14.9 Å². The second-order valence-electron chi connectivity index (χ2n) is 6.57. The minimum Gasteiger partial charge on any atom is -1.00 e. The van der Waals surface area contributed by atoms with Crippen LogP contribution in [0.25, 0.3) is 0 Å². The number of nitro groups is 1. The number of amides is 1. The summed E-state index contributed by atoms with van der Waals surface area (Å²) in [6.45, 7) is 0.453. The first-order valence-electron chi connectivity index (χ1n) is 9.28. The number of carbonyl (C=O) groups excluding carboxylic acids is 1. The number of nitrogens with zero attached hydrogens (tertiary/aromatic N) is 2. The van der Waals surface area contributed by atoms with Crippen molar-refractivity contribution in [3.63, 3.8) is 0 Å². The Hall–Kier alpha value is -2.36. The molecule has 1 amide bonds. The molecule has 0 unspecified atom stereocenters. The lowest BCUT2D eigenvalue weighted by Crippen LogP contribution is -3.00. The third-order valence-corrected chi connectivity index (χ3v) is 4.47. The number of aliphatic hydroxyl groups excluding tert-OH is 2. The van der Waals surface area contributed by atoms with Crippen molar-refractivity contribution in [2.24, 2.45) is 0 Å². The van der Waals surface area contributed by atoms with Crippen LogP contribution in [0.1, 0.15) is 37.4 Å². The first kappa shape index (κ1) is 24.7. The number of carbonyl (C=O) groups is 1. The maximum Gasteiger partial charge on any atom is 0.269 e. The van der Waals surface area contributed by atoms with Gasteiger partial charge in [-0.15, -0.1) is 0 Å². The fourth-order valence-electron chi connectivity index (χ4n) is 2.87. The highest BCUT2D eigenvalue weighted by molar-refractivity contribution is 5.76. The quantitative estimate of drug-likeness (QED) is 0.163. The summed E-state index contributed by atoms with van der Waals surface area (Å²) < 4.78 is 2.09. The lowest BCUT2D eigenvalue weighted by atomic mass is 10.0. The lowest BCUT2D eigenvalue weighted by molar-refractivity contribution is -0.697. The Morgan fingerprint density at radius 1 is 1.10 bits per heavy atom. The molecular formula is C20H26BrN3O5. The number of pyridine rings is 1. The Balaban J connectivity index is 0.00000420. The molecule has 0 aliphatic heterocycles. The van der Waals surface area contributed by atoms with E-state index in [9.17, 15) is 25.1 Å². The summed E-state index contributed by atoms with van der Waals surface area (Å²) in [5.74, 6) is -0.243. The van der Waals surface area contributed by atoms with Crippen molar-refractivity contribution in [1.82, 2.24) is 5.32 Å². The van der Waals surface area contributed by atoms with Crippen LogP contribution >= 0.6 is 0 Å². The molecule has 158 valence electrons. The number of hydrogen-bond donors (Lipinski definition) is 3. The zero-order valence-corrected chi connectivity index (χ0v) is 17.6. The van der Waals surface area contributed by atoms with Crippen molar-refractivity contribution < 1.29 is 41.5 Å². The summed E-state index contributed by atoms with van der Waals surface area (Å²) in [6.07, 6.45) is 5.72. The van der Waals surface area contributed by atoms with Gasteiger partial charge in [0.05, 0.1) is 17.6 Å². The lowest BCUT2D eigenvalue weighted by Gasteiger charge is -2.22. The molecule has 0 radical (unpaired) electrons. The third-order valence-electron chi connectivity index (χ3n) is 4.47. The molecule has 2 rings (SSSR count). The zero-order chi connectivity index (χ0) is 20.4. The molecule has 0 bridgehead atoms. The number of halogens is 1. The minimum atomic E-state index is -1.15. The van der Waals surface area contributed by atoms with Gasteiger partial charge in [-0.05, 0) is 30.5 Å². The van der Waals surface area contributed by atoms with Gasteiger partial charge in [-0.25, -0.2) is 4.57 Å². The summed E-state index contributed by atoms with van der Waals surface area (Å²) in [7, 11) is 0. The number of benzene rings is 1. The summed E-state index contributed by atoms with van der Waals surface area (Å²) >= 11 is 0. The van der Waals surface area contributed by atoms with E-state index in [4.69, 9.17) is 0 Å². The fourth-order valence-corrected chi connectivity index (χ4v) is 2.87. The summed E-state index contributed by atoms with van der Waals surface area (Å²) in [5.41, 5.74) is 0.305. The molecule has 0 aliphatic carbocycles. The molecule has 29 heavy (non-hydrogen) atoms. The summed E-state index contributed by atoms with van der Waals surface area (Å²) in [5, 5.41) is 33.2. The molecule has 1 aromatic carbocycles. The monoisotopic (exact) mass is 467 g/mol. The molecule has 8 nitrogen and oxygen atoms in total. The predicted octanol–water partition coefficient (Wildman–Crippen LogP) is -1.34. The van der Waals surface area contributed by atoms with Crippen molar-refractivity contribution in [2.45, 2.75) is 44.4 Å². The van der Waals surface area contributed by atoms with Crippen molar-refractivity contribution >= 4 is 11.6 Å². The smallest absolute Gasteiger partial charge is 0.269 e. The second kappa shape index (κ2) is 13.0. The van der Waals surface area contributed by atoms with E-state index in [0.717, 1.165) is 19.4 Å². The van der Waals surface area contributed by atoms with Crippen LogP contribution in [0.2, 0.25) is 0 Å². The molecule has 0 aliphatic rings. The molecular weight excluding hydrogens is 442 g/mol. The predicted molar refractivity (Wildman–Crippen MR) is 102 cm³/mol. The number of aryl methyl sites for hydroxylation is 1. The molecule has 1 aromatic heterocycles. The molecule has 2 atom stereocenters. The van der Waals surface area contributed by atoms with E-state index in [-0.39, 0.29) is 28.6 Å². The summed E-state index contributed by atoms with van der Waals surface area (Å²) in [4.78, 5) is 22.3. The van der Waals surface area contributed by atoms with E-state index in [0.29, 0.717) is 18.4 Å². The Morgan fingerprint density at radius 2 is 1.76 bits per heavy atom. The van der Waals surface area contributed by atoms with Crippen LogP contribution < -0.4 is 26.9 Å². The minimum absolute atomic E-state index is 0. The van der Waals surface area contributed by atoms with Crippen molar-refractivity contribution in [2.75, 3.05) is 6.61 Å². The fraction of sp³-hybridized carbons (Fsp3) is 0.400. The topological polar surface area (TPSA) is 117 Å². The molecule has 0 saturated carbocycles. The largest absolute Gasteiger partial charge is 1.00 e. The average molecular weight is 468 g/mol. The van der Waals surface area contributed by atoms with E-state index >= 15 is 0 Å². The van der Waals surface area contributed by atoms with Crippen LogP contribution in [-0.2, 0) is 11.3 Å². The molecule has 0 fully saturated rings. The zero-order valence-electron chi connectivity index (χ0n) is 16.0. The first-order chi connectivity index (χ1) is 13.5. The van der Waals surface area contributed by atoms with Crippen LogP contribution in [-0.4, -0.2) is 33.7 Å². The number of nitro benzene ring substituents is 1. The SMILES string of the molecule is O=C(CCCCC[n+]1ccccc1)N[C@H](CO)[C@@H](O)c1ccc([N+](=O)[O-])cc1.[Br-]. The van der Waals surface area contributed by atoms with Gasteiger partial charge in [0.15, 0.2) is 12.4 Å². The Morgan fingerprint density at radius 3 is 2.34 bits per heavy atom. The van der Waals surface area contributed by atoms with Gasteiger partial charge >= 0.3 is 0 Å². The van der Waals surface area contributed by atoms with Gasteiger partial charge < -0.3 is 32.5 Å². The van der Waals surface area contributed by atoms with Crippen LogP contribution in [0.4, 0.5) is 5.69 Å². The van der Waals surface area contributed by atoms with Crippen LogP contribution in [0.3, 0.4) is 0 Å². The highest BCUT2D eigenvalue weighted by Crippen LogP contribution is 2.20. The van der Waals surface area contributed by atoms with Gasteiger partial charge in [-0.2, -0.15) is 0 Å². The molecule has 1 heterocycles. The normalized spacial score (nSPS) is 12.5. The van der Waals surface area contributed by atoms with E-state index in [1.54, 1.807) is 0 Å². The maximum atomic E-state index is 12.1. The van der Waals surface area contributed by atoms with E-state index < -0.39 is 23.7 Å². The van der Waals surface area contributed by atoms with Crippen molar-refractivity contribution in [1.29, 1.82) is 0 Å². The highest BCUT2D eigenvalue weighted by Gasteiger charge is 2.22. The van der Waals surface area contributed by atoms with Crippen LogP contribution in [0.5, 0.6) is 0 Å². The molecule has 0 saturated heterocycles. The number of unbranched alkanes of at least 4 members (excludes halogenated alkanes) is 2. The van der Waals surface area contributed by atoms with Gasteiger partial charge in [0.2, 0.25) is 5.91 Å². The highest BCUT2D eigenvalue weighted by atomic mass is 79.9. The number of aromatic nitrogens is 1. The van der Waals surface area contributed by atoms with Gasteiger partial charge in [0, 0.05) is 37.1 Å². The van der Waals surface area contributed by atoms with E-state index in [2.05, 4.69) is 9.88 Å². The van der Waals surface area contributed by atoms with E-state index in [1.165, 1.54) is 24.3 Å². The number of nitrogens with one attached hydrogen (secondary N) is 1. The van der Waals surface area contributed by atoms with Gasteiger partial charge in [-0.1, -0.05) is 6.07 Å². The van der Waals surface area contributed by atoms with Crippen molar-refractivity contribution in [3.05, 3.63) is 70.5 Å². The molecule has 2 aromatic rings. The Bertz CT molecular complexity index is 758. The molecule has 3 N–H and O–H groups in total. The number of aliphatic hydroxyl groups is 2. The van der Waals surface area contributed by atoms with Gasteiger partial charge in [0.1, 0.15) is 12.6 Å². The molecule has 0 spiro atoms. The van der Waals surface area contributed by atoms with Crippen LogP contribution in [0, 0.1) is 10.1 Å². The van der Waals surface area contributed by atoms with E-state index in [1.807, 2.05) is 30.6 Å². The Labute approximate surface area is 180 Å². The first-order valence-corrected chi connectivity index (χ1v) is 9.28. The van der Waals surface area contributed by atoms with Crippen molar-refractivity contribution in [3.8, 4) is 0 Å². The van der Waals surface area contributed by atoms with Crippen LogP contribution in [0.15, 0.2) is 54.9 Å². The average Bonchev–Trinajstić information content (AvgIpc) is 2.72. The molecule has 9 heteroatoms. The maximum absolute atomic E-state index is 12.1. The standard InChI is InChI=1S/C20H25N3O5.BrH/c24-15-18(20(26)16-8-10-17(11-9-16)23(27)28)21-19(25)7-3-1-4-12-22-13-5-2-6-14-22;/h2,5-6,8-11,13-14,18,20,24,26H,1,3-4,7,12,15H2;1H/t18-,20+;/m1./s1. The second-order valence-corrected chi connectivity index (χ2v) is 6.57.